The van der Waals surface area contributed by atoms with Gasteiger partial charge in [0.15, 0.2) is 0 Å². The van der Waals surface area contributed by atoms with Crippen LogP contribution in [0.25, 0.3) is 0 Å². The second kappa shape index (κ2) is 8.56. The SMILES string of the molecule is CN(C)[C@@H](Cc1ccccc1)C(=O)OC12CC3CC(C1)CC([C@H](N)C(=O)N1[C@H](C#N)C[C@@H]4C[C@@H]41)(C3)C2. The zero-order valence-corrected chi connectivity index (χ0v) is 21.4. The van der Waals surface area contributed by atoms with Crippen LogP contribution in [0.15, 0.2) is 30.3 Å². The maximum Gasteiger partial charge on any atom is 0.324 e. The zero-order chi connectivity index (χ0) is 25.2. The van der Waals surface area contributed by atoms with Gasteiger partial charge in [-0.15, -0.1) is 0 Å². The molecule has 7 rings (SSSR count). The molecule has 1 aromatic rings. The number of hydrogen-bond donors (Lipinski definition) is 1. The van der Waals surface area contributed by atoms with Gasteiger partial charge in [-0.2, -0.15) is 5.26 Å². The van der Waals surface area contributed by atoms with Gasteiger partial charge in [-0.3, -0.25) is 14.5 Å². The molecule has 4 bridgehead atoms. The van der Waals surface area contributed by atoms with Gasteiger partial charge in [0.05, 0.1) is 12.1 Å². The topological polar surface area (TPSA) is 99.7 Å². The standard InChI is InChI=1S/C29H38N4O3/c1-32(2)24(9-18-6-4-3-5-7-18)27(35)36-29-14-19-8-20(15-29)13-28(12-19,17-29)25(31)26(34)33-22(16-30)10-21-11-23(21)33/h3-7,19-25H,8-15,17,31H2,1-2H3/t19?,20?,21-,22+,23+,24+,25-,28?,29?/m1/s1. The molecule has 5 aliphatic carbocycles. The smallest absolute Gasteiger partial charge is 0.324 e. The third kappa shape index (κ3) is 3.94. The number of likely N-dealkylation sites (N-methyl/N-ethyl adjacent to an activating group) is 1. The number of hydrogen-bond acceptors (Lipinski definition) is 6. The Balaban J connectivity index is 1.22. The molecular weight excluding hydrogens is 452 g/mol. The Kier molecular flexibility index (Phi) is 5.69. The van der Waals surface area contributed by atoms with E-state index in [4.69, 9.17) is 10.5 Å². The highest BCUT2D eigenvalue weighted by Crippen LogP contribution is 2.64. The number of amides is 1. The lowest BCUT2D eigenvalue weighted by Crippen LogP contribution is -2.66. The van der Waals surface area contributed by atoms with E-state index >= 15 is 0 Å². The van der Waals surface area contributed by atoms with Gasteiger partial charge in [0, 0.05) is 6.04 Å². The van der Waals surface area contributed by atoms with Crippen LogP contribution in [-0.2, 0) is 20.7 Å². The number of carbonyl (C=O) groups excluding carboxylic acids is 2. The first-order valence-electron chi connectivity index (χ1n) is 13.6. The number of carbonyl (C=O) groups is 2. The average molecular weight is 491 g/mol. The van der Waals surface area contributed by atoms with Crippen LogP contribution in [0.3, 0.4) is 0 Å². The summed E-state index contributed by atoms with van der Waals surface area (Å²) in [4.78, 5) is 31.1. The quantitative estimate of drug-likeness (QED) is 0.590. The lowest BCUT2D eigenvalue weighted by atomic mass is 9.46. The number of nitrogens with two attached hydrogens (primary N) is 1. The summed E-state index contributed by atoms with van der Waals surface area (Å²) in [6, 6.07) is 11.3. The van der Waals surface area contributed by atoms with Gasteiger partial charge >= 0.3 is 5.97 Å². The number of esters is 1. The lowest BCUT2D eigenvalue weighted by molar-refractivity contribution is -0.209. The summed E-state index contributed by atoms with van der Waals surface area (Å²) in [5.74, 6) is 1.12. The number of benzene rings is 1. The van der Waals surface area contributed by atoms with E-state index in [2.05, 4.69) is 6.07 Å². The van der Waals surface area contributed by atoms with Gasteiger partial charge in [0.25, 0.3) is 0 Å². The largest absolute Gasteiger partial charge is 0.458 e. The van der Waals surface area contributed by atoms with Crippen molar-refractivity contribution in [3.63, 3.8) is 0 Å². The van der Waals surface area contributed by atoms with Gasteiger partial charge in [0.2, 0.25) is 5.91 Å². The van der Waals surface area contributed by atoms with Crippen molar-refractivity contribution in [1.82, 2.24) is 9.80 Å². The fraction of sp³-hybridized carbons (Fsp3) is 0.690. The summed E-state index contributed by atoms with van der Waals surface area (Å²) in [5.41, 5.74) is 7.07. The number of rotatable bonds is 7. The van der Waals surface area contributed by atoms with Crippen LogP contribution < -0.4 is 5.73 Å². The van der Waals surface area contributed by atoms with Gasteiger partial charge in [-0.05, 0) is 101 Å². The summed E-state index contributed by atoms with van der Waals surface area (Å²) >= 11 is 0. The molecule has 36 heavy (non-hydrogen) atoms. The third-order valence-corrected chi connectivity index (χ3v) is 9.97. The average Bonchev–Trinajstić information content (AvgIpc) is 3.50. The molecule has 2 N–H and O–H groups in total. The van der Waals surface area contributed by atoms with Crippen molar-refractivity contribution in [3.8, 4) is 6.07 Å². The number of nitriles is 1. The number of ether oxygens (including phenoxy) is 1. The Morgan fingerprint density at radius 3 is 2.47 bits per heavy atom. The van der Waals surface area contributed by atoms with E-state index in [1.807, 2.05) is 54.2 Å². The van der Waals surface area contributed by atoms with Crippen molar-refractivity contribution in [3.05, 3.63) is 35.9 Å². The normalized spacial score (nSPS) is 39.4. The van der Waals surface area contributed by atoms with Crippen LogP contribution in [-0.4, -0.2) is 65.5 Å². The van der Waals surface area contributed by atoms with Crippen molar-refractivity contribution < 1.29 is 14.3 Å². The molecule has 7 atom stereocenters. The van der Waals surface area contributed by atoms with Crippen molar-refractivity contribution in [2.75, 3.05) is 14.1 Å². The van der Waals surface area contributed by atoms with Gasteiger partial charge < -0.3 is 15.4 Å². The van der Waals surface area contributed by atoms with E-state index < -0.39 is 11.6 Å². The van der Waals surface area contributed by atoms with Crippen LogP contribution in [0.5, 0.6) is 0 Å². The minimum Gasteiger partial charge on any atom is -0.458 e. The molecule has 1 heterocycles. The highest BCUT2D eigenvalue weighted by Gasteiger charge is 2.64. The molecule has 6 aliphatic rings. The number of fused-ring (bicyclic) bond motifs is 1. The molecule has 0 spiro atoms. The van der Waals surface area contributed by atoms with E-state index in [0.717, 1.165) is 50.5 Å². The molecule has 5 saturated carbocycles. The van der Waals surface area contributed by atoms with Crippen LogP contribution in [0, 0.1) is 34.5 Å². The molecular formula is C29H38N4O3. The fourth-order valence-corrected chi connectivity index (χ4v) is 8.64. The lowest BCUT2D eigenvalue weighted by Gasteiger charge is -2.62. The molecule has 1 amide bonds. The van der Waals surface area contributed by atoms with Gasteiger partial charge in [-0.1, -0.05) is 30.3 Å². The predicted octanol–water partition coefficient (Wildman–Crippen LogP) is 2.88. The Hall–Kier alpha value is -2.43. The zero-order valence-electron chi connectivity index (χ0n) is 21.4. The Bertz CT molecular complexity index is 1070. The molecule has 1 aliphatic heterocycles. The second-order valence-electron chi connectivity index (χ2n) is 12.8. The van der Waals surface area contributed by atoms with Crippen LogP contribution in [0.2, 0.25) is 0 Å². The Morgan fingerprint density at radius 1 is 1.14 bits per heavy atom. The second-order valence-corrected chi connectivity index (χ2v) is 12.8. The van der Waals surface area contributed by atoms with Crippen LogP contribution in [0.4, 0.5) is 0 Å². The Labute approximate surface area is 213 Å². The summed E-state index contributed by atoms with van der Waals surface area (Å²) in [6.45, 7) is 0. The first-order valence-corrected chi connectivity index (χ1v) is 13.6. The molecule has 1 saturated heterocycles. The minimum absolute atomic E-state index is 0.0507. The number of likely N-dealkylation sites (tertiary alicyclic amines) is 1. The van der Waals surface area contributed by atoms with Gasteiger partial charge in [-0.25, -0.2) is 0 Å². The van der Waals surface area contributed by atoms with Crippen molar-refractivity contribution in [2.24, 2.45) is 28.9 Å². The van der Waals surface area contributed by atoms with E-state index in [1.165, 1.54) is 0 Å². The molecule has 2 unspecified atom stereocenters. The predicted molar refractivity (Wildman–Crippen MR) is 134 cm³/mol. The first-order chi connectivity index (χ1) is 17.2. The van der Waals surface area contributed by atoms with E-state index in [-0.39, 0.29) is 35.4 Å². The van der Waals surface area contributed by atoms with E-state index in [9.17, 15) is 14.9 Å². The molecule has 7 nitrogen and oxygen atoms in total. The Morgan fingerprint density at radius 2 is 1.83 bits per heavy atom. The highest BCUT2D eigenvalue weighted by atomic mass is 16.6. The summed E-state index contributed by atoms with van der Waals surface area (Å²) in [6.07, 6.45) is 7.79. The minimum atomic E-state index is -0.634. The summed E-state index contributed by atoms with van der Waals surface area (Å²) in [5, 5.41) is 9.64. The number of piperidine rings is 1. The molecule has 0 aromatic heterocycles. The van der Waals surface area contributed by atoms with Crippen molar-refractivity contribution in [2.45, 2.75) is 87.6 Å². The highest BCUT2D eigenvalue weighted by molar-refractivity contribution is 5.84. The molecule has 7 heteroatoms. The monoisotopic (exact) mass is 490 g/mol. The first kappa shape index (κ1) is 23.9. The van der Waals surface area contributed by atoms with Crippen molar-refractivity contribution in [1.29, 1.82) is 5.26 Å². The van der Waals surface area contributed by atoms with Crippen LogP contribution in [0.1, 0.15) is 56.9 Å². The van der Waals surface area contributed by atoms with E-state index in [0.29, 0.717) is 30.6 Å². The molecule has 0 radical (unpaired) electrons. The van der Waals surface area contributed by atoms with Crippen molar-refractivity contribution >= 4 is 11.9 Å². The third-order valence-electron chi connectivity index (χ3n) is 9.97. The van der Waals surface area contributed by atoms with E-state index in [1.54, 1.807) is 0 Å². The summed E-state index contributed by atoms with van der Waals surface area (Å²) < 4.78 is 6.48. The van der Waals surface area contributed by atoms with Crippen LogP contribution >= 0.6 is 0 Å². The fourth-order valence-electron chi connectivity index (χ4n) is 8.64. The maximum absolute atomic E-state index is 13.7. The molecule has 1 aromatic carbocycles. The maximum atomic E-state index is 13.7. The molecule has 6 fully saturated rings. The number of nitrogens with zero attached hydrogens (tertiary/aromatic N) is 3. The van der Waals surface area contributed by atoms with Gasteiger partial charge in [0.1, 0.15) is 17.7 Å². The molecule has 192 valence electrons. The summed E-state index contributed by atoms with van der Waals surface area (Å²) in [7, 11) is 3.86.